The third kappa shape index (κ3) is 7.69. The van der Waals surface area contributed by atoms with E-state index in [1.54, 1.807) is 14.2 Å². The van der Waals surface area contributed by atoms with Crippen LogP contribution in [0.25, 0.3) is 0 Å². The molecule has 0 amide bonds. The second-order valence-electron chi connectivity index (χ2n) is 6.63. The van der Waals surface area contributed by atoms with Gasteiger partial charge in [-0.1, -0.05) is 19.9 Å². The minimum atomic E-state index is 0.646. The smallest absolute Gasteiger partial charge is 0.191 e. The number of guanidine groups is 1. The van der Waals surface area contributed by atoms with E-state index < -0.39 is 0 Å². The van der Waals surface area contributed by atoms with Crippen LogP contribution in [0.4, 0.5) is 0 Å². The molecule has 29 heavy (non-hydrogen) atoms. The number of benzene rings is 1. The number of hydrogen-bond acceptors (Lipinski definition) is 4. The summed E-state index contributed by atoms with van der Waals surface area (Å²) in [6.07, 6.45) is 4.10. The van der Waals surface area contributed by atoms with Gasteiger partial charge in [0.2, 0.25) is 0 Å². The van der Waals surface area contributed by atoms with Gasteiger partial charge >= 0.3 is 0 Å². The van der Waals surface area contributed by atoms with Crippen LogP contribution in [0.1, 0.15) is 19.4 Å². The Morgan fingerprint density at radius 2 is 1.86 bits per heavy atom. The van der Waals surface area contributed by atoms with Gasteiger partial charge in [0.05, 0.1) is 7.11 Å². The fourth-order valence-corrected chi connectivity index (χ4v) is 2.99. The number of aromatic nitrogens is 1. The molecule has 1 heterocycles. The molecule has 1 aromatic carbocycles. The van der Waals surface area contributed by atoms with E-state index >= 15 is 0 Å². The quantitative estimate of drug-likeness (QED) is 0.423. The van der Waals surface area contributed by atoms with Gasteiger partial charge in [-0.25, -0.2) is 0 Å². The van der Waals surface area contributed by atoms with E-state index in [0.717, 1.165) is 55.7 Å². The van der Waals surface area contributed by atoms with Crippen LogP contribution in [0.2, 0.25) is 0 Å². The highest BCUT2D eigenvalue weighted by atomic mass is 16.5. The van der Waals surface area contributed by atoms with E-state index in [4.69, 9.17) is 9.47 Å². The van der Waals surface area contributed by atoms with Crippen LogP contribution in [0.3, 0.4) is 0 Å². The molecule has 0 unspecified atom stereocenters. The Bertz CT molecular complexity index is 727. The summed E-state index contributed by atoms with van der Waals surface area (Å²) in [7, 11) is 3.45. The van der Waals surface area contributed by atoms with E-state index in [1.807, 2.05) is 24.3 Å². The second kappa shape index (κ2) is 12.7. The number of ether oxygens (including phenoxy) is 2. The van der Waals surface area contributed by atoms with Gasteiger partial charge in [-0.05, 0) is 42.9 Å². The van der Waals surface area contributed by atoms with Gasteiger partial charge in [0, 0.05) is 45.6 Å². The summed E-state index contributed by atoms with van der Waals surface area (Å²) in [6, 6.07) is 10.1. The summed E-state index contributed by atoms with van der Waals surface area (Å²) in [5, 5.41) is 6.66. The van der Waals surface area contributed by atoms with E-state index in [2.05, 4.69) is 57.4 Å². The lowest BCUT2D eigenvalue weighted by Gasteiger charge is -2.19. The van der Waals surface area contributed by atoms with Crippen LogP contribution in [0.15, 0.2) is 47.7 Å². The van der Waals surface area contributed by atoms with Crippen LogP contribution in [-0.2, 0) is 13.1 Å². The van der Waals surface area contributed by atoms with Crippen molar-refractivity contribution in [3.05, 3.63) is 48.3 Å². The third-order valence-corrected chi connectivity index (χ3v) is 4.80. The van der Waals surface area contributed by atoms with Gasteiger partial charge < -0.3 is 29.6 Å². The Balaban J connectivity index is 1.81. The Labute approximate surface area is 174 Å². The highest BCUT2D eigenvalue weighted by Gasteiger charge is 2.08. The molecule has 2 rings (SSSR count). The molecule has 0 atom stereocenters. The van der Waals surface area contributed by atoms with Crippen molar-refractivity contribution in [2.24, 2.45) is 4.99 Å². The normalized spacial score (nSPS) is 11.6. The standard InChI is InChI=1S/C22H35N5O2/c1-5-26(6-2)15-16-29-20-10-9-19(17-21(20)28-4)18-25-22(23-3)24-11-14-27-12-7-8-13-27/h7-10,12-13,17H,5-6,11,14-16,18H2,1-4H3,(H2,23,24,25). The zero-order valence-corrected chi connectivity index (χ0v) is 18.1. The summed E-state index contributed by atoms with van der Waals surface area (Å²) in [6.45, 7) is 10.3. The first-order chi connectivity index (χ1) is 14.2. The summed E-state index contributed by atoms with van der Waals surface area (Å²) in [4.78, 5) is 6.61. The Morgan fingerprint density at radius 1 is 1.10 bits per heavy atom. The molecule has 0 bridgehead atoms. The summed E-state index contributed by atoms with van der Waals surface area (Å²) in [5.41, 5.74) is 1.10. The van der Waals surface area contributed by atoms with Crippen molar-refractivity contribution in [1.82, 2.24) is 20.1 Å². The van der Waals surface area contributed by atoms with Gasteiger partial charge in [0.25, 0.3) is 0 Å². The lowest BCUT2D eigenvalue weighted by atomic mass is 10.2. The number of aliphatic imine (C=N–C) groups is 1. The number of nitrogens with zero attached hydrogens (tertiary/aromatic N) is 3. The van der Waals surface area contributed by atoms with E-state index in [9.17, 15) is 0 Å². The highest BCUT2D eigenvalue weighted by Crippen LogP contribution is 2.28. The van der Waals surface area contributed by atoms with Crippen LogP contribution >= 0.6 is 0 Å². The lowest BCUT2D eigenvalue weighted by molar-refractivity contribution is 0.217. The number of methoxy groups -OCH3 is 1. The van der Waals surface area contributed by atoms with Crippen LogP contribution < -0.4 is 20.1 Å². The first-order valence-corrected chi connectivity index (χ1v) is 10.3. The van der Waals surface area contributed by atoms with Crippen molar-refractivity contribution in [1.29, 1.82) is 0 Å². The van der Waals surface area contributed by atoms with Gasteiger partial charge in [0.1, 0.15) is 6.61 Å². The molecule has 0 radical (unpaired) electrons. The number of hydrogen-bond donors (Lipinski definition) is 2. The van der Waals surface area contributed by atoms with Crippen molar-refractivity contribution in [3.8, 4) is 11.5 Å². The summed E-state index contributed by atoms with van der Waals surface area (Å²) >= 11 is 0. The second-order valence-corrected chi connectivity index (χ2v) is 6.63. The molecule has 0 spiro atoms. The van der Waals surface area contributed by atoms with Crippen molar-refractivity contribution in [2.45, 2.75) is 26.9 Å². The van der Waals surface area contributed by atoms with Gasteiger partial charge in [-0.15, -0.1) is 0 Å². The monoisotopic (exact) mass is 401 g/mol. The molecule has 2 aromatic rings. The van der Waals surface area contributed by atoms with Crippen molar-refractivity contribution < 1.29 is 9.47 Å². The average molecular weight is 402 g/mol. The van der Waals surface area contributed by atoms with E-state index in [1.165, 1.54) is 0 Å². The van der Waals surface area contributed by atoms with E-state index in [0.29, 0.717) is 13.2 Å². The SMILES string of the molecule is CCN(CC)CCOc1ccc(CNC(=NC)NCCn2cccc2)cc1OC. The predicted molar refractivity (Wildman–Crippen MR) is 119 cm³/mol. The summed E-state index contributed by atoms with van der Waals surface area (Å²) < 4.78 is 13.6. The van der Waals surface area contributed by atoms with Crippen LogP contribution in [0.5, 0.6) is 11.5 Å². The molecular weight excluding hydrogens is 366 g/mol. The van der Waals surface area contributed by atoms with Crippen molar-refractivity contribution in [3.63, 3.8) is 0 Å². The molecule has 0 fully saturated rings. The van der Waals surface area contributed by atoms with Crippen molar-refractivity contribution in [2.75, 3.05) is 46.9 Å². The zero-order chi connectivity index (χ0) is 20.9. The average Bonchev–Trinajstić information content (AvgIpc) is 3.27. The molecule has 0 saturated carbocycles. The first-order valence-electron chi connectivity index (χ1n) is 10.3. The third-order valence-electron chi connectivity index (χ3n) is 4.80. The topological polar surface area (TPSA) is 63.0 Å². The first kappa shape index (κ1) is 22.6. The fraction of sp³-hybridized carbons (Fsp3) is 0.500. The maximum absolute atomic E-state index is 5.93. The van der Waals surface area contributed by atoms with Crippen LogP contribution in [0, 0.1) is 0 Å². The molecule has 0 aliphatic rings. The molecule has 7 nitrogen and oxygen atoms in total. The van der Waals surface area contributed by atoms with Gasteiger partial charge in [0.15, 0.2) is 17.5 Å². The Morgan fingerprint density at radius 3 is 2.52 bits per heavy atom. The minimum Gasteiger partial charge on any atom is -0.493 e. The molecule has 160 valence electrons. The Kier molecular flexibility index (Phi) is 9.92. The predicted octanol–water partition coefficient (Wildman–Crippen LogP) is 2.58. The lowest BCUT2D eigenvalue weighted by Crippen LogP contribution is -2.38. The highest BCUT2D eigenvalue weighted by molar-refractivity contribution is 5.79. The molecule has 0 aliphatic heterocycles. The van der Waals surface area contributed by atoms with Gasteiger partial charge in [-0.3, -0.25) is 4.99 Å². The van der Waals surface area contributed by atoms with E-state index in [-0.39, 0.29) is 0 Å². The molecule has 7 heteroatoms. The molecule has 0 saturated heterocycles. The fourth-order valence-electron chi connectivity index (χ4n) is 2.99. The molecule has 2 N–H and O–H groups in total. The number of likely N-dealkylation sites (N-methyl/N-ethyl adjacent to an activating group) is 1. The Hall–Kier alpha value is -2.67. The zero-order valence-electron chi connectivity index (χ0n) is 18.1. The summed E-state index contributed by atoms with van der Waals surface area (Å²) in [5.74, 6) is 2.30. The minimum absolute atomic E-state index is 0.646. The largest absolute Gasteiger partial charge is 0.493 e. The maximum Gasteiger partial charge on any atom is 0.191 e. The molecular formula is C22H35N5O2. The molecule has 0 aliphatic carbocycles. The van der Waals surface area contributed by atoms with Crippen molar-refractivity contribution >= 4 is 5.96 Å². The maximum atomic E-state index is 5.93. The number of rotatable bonds is 12. The van der Waals surface area contributed by atoms with Crippen LogP contribution in [-0.4, -0.2) is 62.4 Å². The van der Waals surface area contributed by atoms with Gasteiger partial charge in [-0.2, -0.15) is 0 Å². The molecule has 1 aromatic heterocycles. The number of nitrogens with one attached hydrogen (secondary N) is 2.